The van der Waals surface area contributed by atoms with Gasteiger partial charge in [0.15, 0.2) is 0 Å². The maximum absolute atomic E-state index is 6.29. The van der Waals surface area contributed by atoms with Gasteiger partial charge in [-0.1, -0.05) is 66.8 Å². The lowest BCUT2D eigenvalue weighted by Crippen LogP contribution is -2.27. The van der Waals surface area contributed by atoms with Crippen molar-refractivity contribution in [1.82, 2.24) is 0 Å². The minimum atomic E-state index is 0.428. The van der Waals surface area contributed by atoms with Crippen LogP contribution < -0.4 is 11.1 Å². The molecule has 2 nitrogen and oxygen atoms in total. The van der Waals surface area contributed by atoms with Gasteiger partial charge in [0.05, 0.1) is 0 Å². The largest absolute Gasteiger partial charge is 0.402 e. The Kier molecular flexibility index (Phi) is 4.72. The fraction of sp³-hybridized carbons (Fsp3) is 0.200. The lowest BCUT2D eigenvalue weighted by molar-refractivity contribution is 0.449. The van der Waals surface area contributed by atoms with Gasteiger partial charge < -0.3 is 11.1 Å². The summed E-state index contributed by atoms with van der Waals surface area (Å²) in [5.74, 6) is 0.930. The van der Waals surface area contributed by atoms with Crippen molar-refractivity contribution in [3.8, 4) is 0 Å². The average Bonchev–Trinajstić information content (AvgIpc) is 2.85. The monoisotopic (exact) mass is 416 g/mol. The number of nitrogens with one attached hydrogen (secondary N) is 1. The molecule has 0 radical (unpaired) electrons. The topological polar surface area (TPSA) is 38.0 Å². The quantitative estimate of drug-likeness (QED) is 0.490. The van der Waals surface area contributed by atoms with E-state index in [2.05, 4.69) is 96.4 Å². The number of allylic oxidation sites excluding steroid dienone is 6. The van der Waals surface area contributed by atoms with E-state index in [1.165, 1.54) is 38.7 Å². The summed E-state index contributed by atoms with van der Waals surface area (Å²) in [6.07, 6.45) is 17.9. The number of rotatable bonds is 3. The van der Waals surface area contributed by atoms with E-state index in [-0.39, 0.29) is 0 Å². The maximum Gasteiger partial charge on any atom is 0.0381 e. The normalized spacial score (nSPS) is 21.5. The summed E-state index contributed by atoms with van der Waals surface area (Å²) in [5.41, 5.74) is 15.5. The van der Waals surface area contributed by atoms with Crippen molar-refractivity contribution in [2.75, 3.05) is 5.32 Å². The van der Waals surface area contributed by atoms with Gasteiger partial charge in [-0.2, -0.15) is 0 Å². The molecule has 2 heteroatoms. The molecule has 32 heavy (non-hydrogen) atoms. The maximum atomic E-state index is 6.29. The molecule has 158 valence electrons. The summed E-state index contributed by atoms with van der Waals surface area (Å²) in [6, 6.07) is 19.4. The molecular formula is C30H28N2. The fourth-order valence-electron chi connectivity index (χ4n) is 5.67. The summed E-state index contributed by atoms with van der Waals surface area (Å²) in [4.78, 5) is 0. The van der Waals surface area contributed by atoms with E-state index in [1.807, 2.05) is 0 Å². The smallest absolute Gasteiger partial charge is 0.0381 e. The average molecular weight is 417 g/mol. The van der Waals surface area contributed by atoms with E-state index in [0.717, 1.165) is 37.1 Å². The Balaban J connectivity index is 1.56. The Morgan fingerprint density at radius 1 is 0.781 bits per heavy atom. The van der Waals surface area contributed by atoms with Gasteiger partial charge >= 0.3 is 0 Å². The van der Waals surface area contributed by atoms with Crippen LogP contribution >= 0.6 is 0 Å². The number of nitrogens with two attached hydrogens (primary N) is 1. The second-order valence-electron chi connectivity index (χ2n) is 9.16. The minimum absolute atomic E-state index is 0.428. The van der Waals surface area contributed by atoms with Crippen LogP contribution in [0.4, 0.5) is 5.69 Å². The first-order valence-electron chi connectivity index (χ1n) is 11.7. The van der Waals surface area contributed by atoms with Crippen LogP contribution in [0.25, 0.3) is 22.9 Å². The Labute approximate surface area is 189 Å². The highest BCUT2D eigenvalue weighted by Gasteiger charge is 2.31. The number of hydrogen-bond donors (Lipinski definition) is 2. The molecule has 0 aromatic heterocycles. The predicted octanol–water partition coefficient (Wildman–Crippen LogP) is 6.84. The zero-order chi connectivity index (χ0) is 21.5. The highest BCUT2D eigenvalue weighted by molar-refractivity contribution is 6.00. The van der Waals surface area contributed by atoms with E-state index < -0.39 is 0 Å². The summed E-state index contributed by atoms with van der Waals surface area (Å²) in [6.45, 7) is 0. The van der Waals surface area contributed by atoms with E-state index in [4.69, 9.17) is 5.73 Å². The number of anilines is 1. The van der Waals surface area contributed by atoms with Gasteiger partial charge in [-0.25, -0.2) is 0 Å². The fourth-order valence-corrected chi connectivity index (χ4v) is 5.67. The molecule has 0 saturated heterocycles. The number of hydrogen-bond acceptors (Lipinski definition) is 2. The van der Waals surface area contributed by atoms with Crippen LogP contribution in [-0.2, 0) is 12.8 Å². The summed E-state index contributed by atoms with van der Waals surface area (Å²) < 4.78 is 0. The van der Waals surface area contributed by atoms with Crippen molar-refractivity contribution in [1.29, 1.82) is 0 Å². The molecule has 2 unspecified atom stereocenters. The highest BCUT2D eigenvalue weighted by atomic mass is 14.9. The van der Waals surface area contributed by atoms with Crippen LogP contribution in [-0.4, -0.2) is 0 Å². The van der Waals surface area contributed by atoms with Gasteiger partial charge in [-0.05, 0) is 88.9 Å². The van der Waals surface area contributed by atoms with Crippen molar-refractivity contribution in [2.45, 2.75) is 25.7 Å². The van der Waals surface area contributed by atoms with Crippen LogP contribution in [0.2, 0.25) is 0 Å². The third kappa shape index (κ3) is 3.27. The molecule has 3 aromatic rings. The van der Waals surface area contributed by atoms with Crippen LogP contribution in [0.1, 0.15) is 35.1 Å². The first-order valence-corrected chi connectivity index (χ1v) is 11.7. The lowest BCUT2D eigenvalue weighted by atomic mass is 9.72. The molecule has 3 N–H and O–H groups in total. The second-order valence-corrected chi connectivity index (χ2v) is 9.16. The summed E-state index contributed by atoms with van der Waals surface area (Å²) in [5, 5.41) is 6.44. The molecule has 3 aliphatic carbocycles. The molecule has 2 atom stereocenters. The van der Waals surface area contributed by atoms with Gasteiger partial charge in [-0.3, -0.25) is 0 Å². The van der Waals surface area contributed by atoms with Gasteiger partial charge in [-0.15, -0.1) is 0 Å². The molecule has 0 aliphatic heterocycles. The number of fused-ring (bicyclic) bond motifs is 6. The second kappa shape index (κ2) is 7.87. The van der Waals surface area contributed by atoms with E-state index in [9.17, 15) is 0 Å². The van der Waals surface area contributed by atoms with Gasteiger partial charge in [0.1, 0.15) is 0 Å². The van der Waals surface area contributed by atoms with Crippen molar-refractivity contribution >= 4 is 28.6 Å². The molecule has 0 bridgehead atoms. The Morgan fingerprint density at radius 2 is 1.53 bits per heavy atom. The summed E-state index contributed by atoms with van der Waals surface area (Å²) >= 11 is 0. The first kappa shape index (κ1) is 19.2. The Hall–Kier alpha value is -3.52. The molecule has 0 fully saturated rings. The van der Waals surface area contributed by atoms with E-state index in [0.29, 0.717) is 11.8 Å². The third-order valence-corrected chi connectivity index (χ3v) is 7.23. The standard InChI is InChI=1S/C30H28N2/c31-21-15-16-25-27(17-21)23-13-7-8-14-24(23)29-19-30(32-22-11-5-2-6-12-22)26(18-28(25)29)20-9-3-1-4-10-20/h1-9,11-14,17,19-20,26,32H,10,15-16,18,31H2. The van der Waals surface area contributed by atoms with Crippen LogP contribution in [0, 0.1) is 11.8 Å². The molecular weight excluding hydrogens is 388 g/mol. The van der Waals surface area contributed by atoms with Gasteiger partial charge in [0, 0.05) is 23.0 Å². The molecule has 0 heterocycles. The van der Waals surface area contributed by atoms with Crippen molar-refractivity contribution in [3.05, 3.63) is 113 Å². The molecule has 0 spiro atoms. The molecule has 3 aliphatic rings. The Bertz CT molecular complexity index is 1310. The highest BCUT2D eigenvalue weighted by Crippen LogP contribution is 2.44. The van der Waals surface area contributed by atoms with Crippen molar-refractivity contribution in [3.63, 3.8) is 0 Å². The molecule has 3 aromatic carbocycles. The first-order chi connectivity index (χ1) is 15.8. The van der Waals surface area contributed by atoms with Gasteiger partial charge in [0.25, 0.3) is 0 Å². The molecule has 6 rings (SSSR count). The van der Waals surface area contributed by atoms with E-state index >= 15 is 0 Å². The summed E-state index contributed by atoms with van der Waals surface area (Å²) in [7, 11) is 0. The Morgan fingerprint density at radius 3 is 2.28 bits per heavy atom. The van der Waals surface area contributed by atoms with Crippen molar-refractivity contribution < 1.29 is 0 Å². The van der Waals surface area contributed by atoms with Crippen LogP contribution in [0.3, 0.4) is 0 Å². The number of para-hydroxylation sites is 1. The lowest BCUT2D eigenvalue weighted by Gasteiger charge is -2.35. The van der Waals surface area contributed by atoms with E-state index in [1.54, 1.807) is 0 Å². The molecule has 0 amide bonds. The van der Waals surface area contributed by atoms with Crippen molar-refractivity contribution in [2.24, 2.45) is 17.6 Å². The van der Waals surface area contributed by atoms with Gasteiger partial charge in [0.2, 0.25) is 0 Å². The minimum Gasteiger partial charge on any atom is -0.402 e. The SMILES string of the molecule is NC1=Cc2c(c3c(c4ccccc24)C=C(Nc2ccccc2)C(C2C=CC=CC2)C3)CC1. The zero-order valence-electron chi connectivity index (χ0n) is 18.2. The zero-order valence-corrected chi connectivity index (χ0v) is 18.2. The van der Waals surface area contributed by atoms with Crippen LogP contribution in [0.15, 0.2) is 90.3 Å². The third-order valence-electron chi connectivity index (χ3n) is 7.23. The van der Waals surface area contributed by atoms with Crippen LogP contribution in [0.5, 0.6) is 0 Å². The number of benzene rings is 3. The molecule has 0 saturated carbocycles. The predicted molar refractivity (Wildman–Crippen MR) is 136 cm³/mol.